The molecule has 0 spiro atoms. The molecule has 0 aromatic heterocycles. The number of benzene rings is 1. The normalized spacial score (nSPS) is 11.2. The number of methoxy groups -OCH3 is 1. The van der Waals surface area contributed by atoms with Crippen LogP contribution in [0, 0.1) is 20.8 Å². The van der Waals surface area contributed by atoms with Gasteiger partial charge < -0.3 is 4.74 Å². The van der Waals surface area contributed by atoms with E-state index in [0.29, 0.717) is 0 Å². The Morgan fingerprint density at radius 3 is 2.53 bits per heavy atom. The van der Waals surface area contributed by atoms with E-state index in [-0.39, 0.29) is 0 Å². The Kier molecular flexibility index (Phi) is 4.57. The van der Waals surface area contributed by atoms with E-state index in [1.165, 1.54) is 22.3 Å². The molecule has 0 amide bonds. The Hall–Kier alpha value is -1.08. The van der Waals surface area contributed by atoms with E-state index < -0.39 is 0 Å². The average molecular weight is 204 g/mol. The maximum Gasteiger partial charge on any atom is 0.0496 e. The van der Waals surface area contributed by atoms with Gasteiger partial charge in [0.1, 0.15) is 0 Å². The predicted octanol–water partition coefficient (Wildman–Crippen LogP) is 3.66. The minimum atomic E-state index is 0.792. The van der Waals surface area contributed by atoms with Crippen molar-refractivity contribution in [2.45, 2.75) is 27.2 Å². The summed E-state index contributed by atoms with van der Waals surface area (Å²) in [7, 11) is 1.73. The summed E-state index contributed by atoms with van der Waals surface area (Å²) in [6.45, 7) is 7.30. The first-order valence-electron chi connectivity index (χ1n) is 5.39. The Morgan fingerprint density at radius 2 is 1.87 bits per heavy atom. The molecule has 0 saturated carbocycles. The summed E-state index contributed by atoms with van der Waals surface area (Å²) in [4.78, 5) is 0. The van der Waals surface area contributed by atoms with Gasteiger partial charge in [-0.3, -0.25) is 0 Å². The molecule has 0 bridgehead atoms. The van der Waals surface area contributed by atoms with E-state index in [1.807, 2.05) is 0 Å². The Bertz CT molecular complexity index is 351. The highest BCUT2D eigenvalue weighted by Crippen LogP contribution is 2.18. The van der Waals surface area contributed by atoms with Gasteiger partial charge in [-0.25, -0.2) is 0 Å². The van der Waals surface area contributed by atoms with Gasteiger partial charge in [-0.2, -0.15) is 0 Å². The van der Waals surface area contributed by atoms with Gasteiger partial charge in [0.05, 0.1) is 0 Å². The van der Waals surface area contributed by atoms with Crippen LogP contribution in [0.3, 0.4) is 0 Å². The van der Waals surface area contributed by atoms with Crippen LogP contribution in [0.1, 0.15) is 28.7 Å². The molecule has 0 radical (unpaired) electrons. The van der Waals surface area contributed by atoms with Crippen LogP contribution in [0.25, 0.3) is 6.08 Å². The molecule has 0 aliphatic heterocycles. The third-order valence-electron chi connectivity index (χ3n) is 2.89. The lowest BCUT2D eigenvalue weighted by molar-refractivity contribution is 0.204. The van der Waals surface area contributed by atoms with Crippen molar-refractivity contribution in [3.63, 3.8) is 0 Å². The maximum atomic E-state index is 5.00. The minimum absolute atomic E-state index is 0.792. The summed E-state index contributed by atoms with van der Waals surface area (Å²) in [5.41, 5.74) is 5.45. The van der Waals surface area contributed by atoms with Gasteiger partial charge in [-0.05, 0) is 49.4 Å². The van der Waals surface area contributed by atoms with Crippen molar-refractivity contribution < 1.29 is 4.74 Å². The molecule has 1 rings (SSSR count). The van der Waals surface area contributed by atoms with Gasteiger partial charge in [0.25, 0.3) is 0 Å². The van der Waals surface area contributed by atoms with E-state index in [9.17, 15) is 0 Å². The van der Waals surface area contributed by atoms with E-state index in [2.05, 4.69) is 45.1 Å². The van der Waals surface area contributed by atoms with Crippen molar-refractivity contribution in [2.24, 2.45) is 0 Å². The van der Waals surface area contributed by atoms with Crippen LogP contribution in [0.2, 0.25) is 0 Å². The van der Waals surface area contributed by atoms with Crippen LogP contribution in [0.5, 0.6) is 0 Å². The van der Waals surface area contributed by atoms with Crippen molar-refractivity contribution in [1.29, 1.82) is 0 Å². The van der Waals surface area contributed by atoms with Gasteiger partial charge >= 0.3 is 0 Å². The monoisotopic (exact) mass is 204 g/mol. The summed E-state index contributed by atoms with van der Waals surface area (Å²) in [6, 6.07) is 4.36. The molecule has 15 heavy (non-hydrogen) atoms. The lowest BCUT2D eigenvalue weighted by atomic mass is 9.98. The number of ether oxygens (including phenoxy) is 1. The molecule has 0 heterocycles. The van der Waals surface area contributed by atoms with Crippen LogP contribution in [-0.2, 0) is 4.74 Å². The standard InChI is InChI=1S/C14H20O/c1-11-8-9-14(13(3)12(11)2)7-5-6-10-15-4/h5,7-9H,6,10H2,1-4H3/b7-5+. The fourth-order valence-corrected chi connectivity index (χ4v) is 1.55. The summed E-state index contributed by atoms with van der Waals surface area (Å²) in [5, 5.41) is 0. The number of hydrogen-bond acceptors (Lipinski definition) is 1. The highest BCUT2D eigenvalue weighted by Gasteiger charge is 2.00. The van der Waals surface area contributed by atoms with Crippen LogP contribution in [0.15, 0.2) is 18.2 Å². The average Bonchev–Trinajstić information content (AvgIpc) is 2.24. The van der Waals surface area contributed by atoms with Gasteiger partial charge in [0, 0.05) is 13.7 Å². The van der Waals surface area contributed by atoms with Crippen molar-refractivity contribution in [3.05, 3.63) is 40.5 Å². The zero-order chi connectivity index (χ0) is 11.3. The molecule has 0 fully saturated rings. The Balaban J connectivity index is 2.78. The maximum absolute atomic E-state index is 5.00. The molecule has 0 atom stereocenters. The van der Waals surface area contributed by atoms with Crippen molar-refractivity contribution in [3.8, 4) is 0 Å². The summed E-state index contributed by atoms with van der Waals surface area (Å²) in [5.74, 6) is 0. The van der Waals surface area contributed by atoms with Crippen LogP contribution >= 0.6 is 0 Å². The lowest BCUT2D eigenvalue weighted by Gasteiger charge is -2.07. The highest BCUT2D eigenvalue weighted by atomic mass is 16.5. The molecule has 1 nitrogen and oxygen atoms in total. The Labute approximate surface area is 92.8 Å². The molecule has 82 valence electrons. The second kappa shape index (κ2) is 5.72. The van der Waals surface area contributed by atoms with Gasteiger partial charge in [0.2, 0.25) is 0 Å². The second-order valence-electron chi connectivity index (χ2n) is 3.91. The summed E-state index contributed by atoms with van der Waals surface area (Å²) >= 11 is 0. The number of rotatable bonds is 4. The van der Waals surface area contributed by atoms with Crippen LogP contribution < -0.4 is 0 Å². The van der Waals surface area contributed by atoms with E-state index in [1.54, 1.807) is 7.11 Å². The van der Waals surface area contributed by atoms with Gasteiger partial charge in [-0.15, -0.1) is 0 Å². The quantitative estimate of drug-likeness (QED) is 0.680. The summed E-state index contributed by atoms with van der Waals surface area (Å²) < 4.78 is 5.00. The van der Waals surface area contributed by atoms with E-state index >= 15 is 0 Å². The van der Waals surface area contributed by atoms with Crippen LogP contribution in [0.4, 0.5) is 0 Å². The topological polar surface area (TPSA) is 9.23 Å². The molecule has 0 aliphatic rings. The van der Waals surface area contributed by atoms with Crippen LogP contribution in [-0.4, -0.2) is 13.7 Å². The third kappa shape index (κ3) is 3.21. The molecule has 1 heteroatoms. The van der Waals surface area contributed by atoms with Crippen molar-refractivity contribution in [1.82, 2.24) is 0 Å². The first-order valence-corrected chi connectivity index (χ1v) is 5.39. The zero-order valence-corrected chi connectivity index (χ0v) is 10.1. The molecular weight excluding hydrogens is 184 g/mol. The molecule has 1 aromatic carbocycles. The third-order valence-corrected chi connectivity index (χ3v) is 2.89. The largest absolute Gasteiger partial charge is 0.384 e. The first-order chi connectivity index (χ1) is 7.16. The Morgan fingerprint density at radius 1 is 1.13 bits per heavy atom. The number of aryl methyl sites for hydroxylation is 1. The highest BCUT2D eigenvalue weighted by molar-refractivity contribution is 5.56. The predicted molar refractivity (Wildman–Crippen MR) is 66.2 cm³/mol. The summed E-state index contributed by atoms with van der Waals surface area (Å²) in [6.07, 6.45) is 5.32. The van der Waals surface area contributed by atoms with Gasteiger partial charge in [0.15, 0.2) is 0 Å². The SMILES string of the molecule is COCC/C=C/c1ccc(C)c(C)c1C. The molecule has 0 N–H and O–H groups in total. The second-order valence-corrected chi connectivity index (χ2v) is 3.91. The van der Waals surface area contributed by atoms with Gasteiger partial charge in [-0.1, -0.05) is 24.3 Å². The van der Waals surface area contributed by atoms with E-state index in [4.69, 9.17) is 4.74 Å². The van der Waals surface area contributed by atoms with Crippen molar-refractivity contribution >= 4 is 6.08 Å². The smallest absolute Gasteiger partial charge is 0.0496 e. The minimum Gasteiger partial charge on any atom is -0.384 e. The molecule has 0 aliphatic carbocycles. The zero-order valence-electron chi connectivity index (χ0n) is 10.1. The van der Waals surface area contributed by atoms with Crippen molar-refractivity contribution in [2.75, 3.05) is 13.7 Å². The fourth-order valence-electron chi connectivity index (χ4n) is 1.55. The molecular formula is C14H20O. The lowest BCUT2D eigenvalue weighted by Crippen LogP contribution is -1.90. The van der Waals surface area contributed by atoms with E-state index in [0.717, 1.165) is 13.0 Å². The molecule has 0 unspecified atom stereocenters. The molecule has 0 saturated heterocycles. The first kappa shape index (κ1) is 12.0. The number of hydrogen-bond donors (Lipinski definition) is 0. The fraction of sp³-hybridized carbons (Fsp3) is 0.429. The molecule has 1 aromatic rings.